The molecule has 1 aromatic carbocycles. The first kappa shape index (κ1) is 118. The summed E-state index contributed by atoms with van der Waals surface area (Å²) in [5.41, 5.74) is 1.88. The van der Waals surface area contributed by atoms with Crippen LogP contribution in [0.1, 0.15) is 469 Å². The Balaban J connectivity index is 0.000000477. The first-order valence-electron chi connectivity index (χ1n) is 52.4. The zero-order chi connectivity index (χ0) is 93.7. The van der Waals surface area contributed by atoms with E-state index in [2.05, 4.69) is 349 Å². The van der Waals surface area contributed by atoms with Crippen molar-refractivity contribution in [1.82, 2.24) is 42.1 Å². The molecule has 730 valence electrons. The van der Waals surface area contributed by atoms with Crippen molar-refractivity contribution < 1.29 is 37.9 Å². The molecular formula is C107H214N8O8. The van der Waals surface area contributed by atoms with E-state index in [-0.39, 0.29) is 94.6 Å². The average Bonchev–Trinajstić information content (AvgIpc) is 1.62. The van der Waals surface area contributed by atoms with Crippen LogP contribution in [0.2, 0.25) is 0 Å². The third kappa shape index (κ3) is 34.8. The van der Waals surface area contributed by atoms with Gasteiger partial charge in [0, 0.05) is 48.3 Å². The molecule has 123 heavy (non-hydrogen) atoms. The summed E-state index contributed by atoms with van der Waals surface area (Å²) >= 11 is 0. The van der Waals surface area contributed by atoms with Crippen LogP contribution in [0.15, 0.2) is 30.3 Å². The second-order valence-electron chi connectivity index (χ2n) is 42.4. The Kier molecular flexibility index (Phi) is 54.7. The lowest BCUT2D eigenvalue weighted by Gasteiger charge is -2.35. The Labute approximate surface area is 765 Å². The zero-order valence-electron chi connectivity index (χ0n) is 89.0. The molecule has 7 N–H and O–H groups in total. The highest BCUT2D eigenvalue weighted by Crippen LogP contribution is 2.45. The number of hydrogen-bond donors (Lipinski definition) is 7. The van der Waals surface area contributed by atoms with Crippen LogP contribution in [-0.2, 0) is 37.9 Å². The van der Waals surface area contributed by atoms with E-state index >= 15 is 0 Å². The minimum Gasteiger partial charge on any atom is -0.356 e. The topological polar surface area (TPSA) is 161 Å². The van der Waals surface area contributed by atoms with Gasteiger partial charge < -0.3 is 37.9 Å². The summed E-state index contributed by atoms with van der Waals surface area (Å²) < 4.78 is 49.4. The minimum absolute atomic E-state index is 0.00915. The number of ether oxygens (including phenoxy) is 8. The van der Waals surface area contributed by atoms with Crippen molar-refractivity contribution in [3.05, 3.63) is 35.9 Å². The maximum atomic E-state index is 6.44. The summed E-state index contributed by atoms with van der Waals surface area (Å²) in [6, 6.07) is 14.8. The maximum Gasteiger partial charge on any atom is 0.135 e. The third-order valence-corrected chi connectivity index (χ3v) is 29.1. The van der Waals surface area contributed by atoms with E-state index < -0.39 is 0 Å². The second kappa shape index (κ2) is 57.2. The molecule has 8 fully saturated rings. The molecule has 8 aliphatic rings. The van der Waals surface area contributed by atoms with Crippen LogP contribution in [0.25, 0.3) is 0 Å². The molecule has 8 heterocycles. The van der Waals surface area contributed by atoms with Crippen LogP contribution in [-0.4, -0.2) is 148 Å². The number of hydrogen-bond acceptors (Lipinski definition) is 16. The Morgan fingerprint density at radius 1 is 0.252 bits per heavy atom. The fraction of sp³-hybridized carbons (Fsp3) is 0.944. The van der Waals surface area contributed by atoms with Crippen molar-refractivity contribution in [2.75, 3.05) is 6.54 Å². The molecule has 16 heteroatoms. The van der Waals surface area contributed by atoms with Gasteiger partial charge in [-0.15, -0.1) is 0 Å². The lowest BCUT2D eigenvalue weighted by Crippen LogP contribution is -2.45. The number of nitrogens with one attached hydrogen (secondary N) is 7. The summed E-state index contributed by atoms with van der Waals surface area (Å²) in [5, 5.41) is 25.2. The van der Waals surface area contributed by atoms with Crippen molar-refractivity contribution >= 4 is 0 Å². The van der Waals surface area contributed by atoms with E-state index in [9.17, 15) is 0 Å². The van der Waals surface area contributed by atoms with E-state index in [0.29, 0.717) is 54.3 Å². The molecule has 8 saturated heterocycles. The molecule has 16 nitrogen and oxygen atoms in total. The van der Waals surface area contributed by atoms with Crippen molar-refractivity contribution in [3.8, 4) is 0 Å². The predicted molar refractivity (Wildman–Crippen MR) is 529 cm³/mol. The Bertz CT molecular complexity index is 2580. The van der Waals surface area contributed by atoms with E-state index in [1.807, 2.05) is 0 Å². The van der Waals surface area contributed by atoms with Gasteiger partial charge in [-0.3, -0.25) is 42.1 Å². The van der Waals surface area contributed by atoms with Crippen molar-refractivity contribution in [1.29, 1.82) is 0 Å². The largest absolute Gasteiger partial charge is 0.356 e. The smallest absolute Gasteiger partial charge is 0.135 e. The molecule has 0 saturated carbocycles. The average molecular weight is 1740 g/mol. The van der Waals surface area contributed by atoms with E-state index in [4.69, 9.17) is 37.9 Å². The Morgan fingerprint density at radius 3 is 0.659 bits per heavy atom. The highest BCUT2D eigenvalue weighted by Gasteiger charge is 2.53. The van der Waals surface area contributed by atoms with Gasteiger partial charge in [-0.2, -0.15) is 0 Å². The number of rotatable bonds is 38. The Hall–Kier alpha value is -1.42. The molecular weight excluding hydrogens is 1530 g/mol. The third-order valence-electron chi connectivity index (χ3n) is 29.1. The normalized spacial score (nSPS) is 29.7. The quantitative estimate of drug-likeness (QED) is 0.0335. The number of nitrogens with zero attached hydrogens (tertiary/aromatic N) is 1. The van der Waals surface area contributed by atoms with Gasteiger partial charge in [0.25, 0.3) is 0 Å². The standard InChI is InChI=1S/C17H27NO.3C14H29NO.4C12H25NO/c1-5-17(6-2)15(12-13(3)4)18-16(19-17)14-10-8-7-9-11-14;1-7-14(8-2)13(10-11(4)5)15(9-3)12(6)16-14;2*1-6-8-14(9-7-2)13(10-11(3)4)15-12(5)16-14;4*1-6-12(7-2)11(8-9(3)4)13-10(5)14-12/h7-11,13,15-16,18H,5-6,12H2,1-4H3;11-13H,7-10H2,1-6H3;2*11-13,15H,6-10H2,1-5H3;4*9-11,13H,6-8H2,1-5H3/t15-,16-;12-,13+;2*12-,13-;2*10-,11+;2*10-,11-/m01001100/s1. The van der Waals surface area contributed by atoms with Gasteiger partial charge in [0.2, 0.25) is 0 Å². The van der Waals surface area contributed by atoms with Gasteiger partial charge in [-0.05, 0) is 262 Å². The molecule has 1 aromatic rings. The van der Waals surface area contributed by atoms with Gasteiger partial charge in [-0.1, -0.05) is 284 Å². The molecule has 0 radical (unpaired) electrons. The van der Waals surface area contributed by atoms with Crippen LogP contribution in [0.5, 0.6) is 0 Å². The fourth-order valence-electron chi connectivity index (χ4n) is 22.8. The summed E-state index contributed by atoms with van der Waals surface area (Å²) in [4.78, 5) is 2.53. The lowest BCUT2D eigenvalue weighted by atomic mass is 9.82. The molecule has 0 aromatic heterocycles. The molecule has 0 aliphatic carbocycles. The van der Waals surface area contributed by atoms with Crippen LogP contribution < -0.4 is 37.2 Å². The van der Waals surface area contributed by atoms with Crippen molar-refractivity contribution in [2.24, 2.45) is 47.3 Å². The zero-order valence-corrected chi connectivity index (χ0v) is 89.0. The molecule has 9 rings (SSSR count). The van der Waals surface area contributed by atoms with Gasteiger partial charge in [0.1, 0.15) is 49.8 Å². The summed E-state index contributed by atoms with van der Waals surface area (Å²) in [7, 11) is 0. The lowest BCUT2D eigenvalue weighted by molar-refractivity contribution is -0.0568. The predicted octanol–water partition coefficient (Wildman–Crippen LogP) is 27.1. The minimum atomic E-state index is -0.00915. The number of benzene rings is 1. The first-order chi connectivity index (χ1) is 57.8. The van der Waals surface area contributed by atoms with Gasteiger partial charge >= 0.3 is 0 Å². The highest BCUT2D eigenvalue weighted by atomic mass is 16.6. The van der Waals surface area contributed by atoms with E-state index in [0.717, 1.165) is 125 Å². The van der Waals surface area contributed by atoms with Gasteiger partial charge in [-0.25, -0.2) is 0 Å². The first-order valence-corrected chi connectivity index (χ1v) is 52.4. The van der Waals surface area contributed by atoms with Crippen LogP contribution in [0.4, 0.5) is 0 Å². The number of likely N-dealkylation sites (N-methyl/N-ethyl adjacent to an activating group) is 1. The molecule has 0 spiro atoms. The fourth-order valence-corrected chi connectivity index (χ4v) is 22.8. The highest BCUT2D eigenvalue weighted by molar-refractivity contribution is 5.20. The van der Waals surface area contributed by atoms with Crippen molar-refractivity contribution in [3.63, 3.8) is 0 Å². The SMILES string of the molecule is CCC1(CC)O[C@@H](C)N[C@H]1CC(C)C.CCC1(CC)O[C@@H](C)N[C@H]1CC(C)C.CCC1(CC)O[C@@H](c2ccccc2)N[C@H]1CC(C)C.CCC1(CC)O[C@H](C)N[C@H]1CC(C)C.CCC1(CC)O[C@H](C)N[C@H]1CC(C)C.CCCC1(CCC)O[C@@H](C)N[C@H]1CC(C)C.CCCC1(CCC)O[C@@H](C)N[C@H]1CC(C)C.CCN1[C@@H](CC(C)C)C(CC)(CC)O[C@@H]1C. The summed E-state index contributed by atoms with van der Waals surface area (Å²) in [5.74, 6) is 5.84. The summed E-state index contributed by atoms with van der Waals surface area (Å²) in [6.07, 6.45) is 34.3. The van der Waals surface area contributed by atoms with Gasteiger partial charge in [0.05, 0.1) is 44.8 Å². The van der Waals surface area contributed by atoms with Crippen LogP contribution >= 0.6 is 0 Å². The van der Waals surface area contributed by atoms with E-state index in [1.54, 1.807) is 0 Å². The monoisotopic (exact) mass is 1740 g/mol. The second-order valence-corrected chi connectivity index (χ2v) is 42.4. The van der Waals surface area contributed by atoms with Crippen LogP contribution in [0.3, 0.4) is 0 Å². The van der Waals surface area contributed by atoms with Crippen LogP contribution in [0, 0.1) is 47.3 Å². The molecule has 0 bridgehead atoms. The van der Waals surface area contributed by atoms with Crippen molar-refractivity contribution in [2.45, 2.75) is 600 Å². The molecule has 8 aliphatic heterocycles. The Morgan fingerprint density at radius 2 is 0.455 bits per heavy atom. The molecule has 0 unspecified atom stereocenters. The maximum absolute atomic E-state index is 6.44. The molecule has 0 amide bonds. The van der Waals surface area contributed by atoms with Gasteiger partial charge in [0.15, 0.2) is 0 Å². The summed E-state index contributed by atoms with van der Waals surface area (Å²) in [6.45, 7) is 90.8. The molecule has 16 atom stereocenters. The van der Waals surface area contributed by atoms with E-state index in [1.165, 1.54) is 108 Å².